The molecular weight excluding hydrogens is 316 g/mol. The van der Waals surface area contributed by atoms with Gasteiger partial charge in [0.05, 0.1) is 35.7 Å². The smallest absolute Gasteiger partial charge is 0.138 e. The Morgan fingerprint density at radius 3 is 2.60 bits per heavy atom. The number of aryl methyl sites for hydroxylation is 4. The summed E-state index contributed by atoms with van der Waals surface area (Å²) in [5.41, 5.74) is 6.51. The zero-order valence-electron chi connectivity index (χ0n) is 15.6. The number of aliphatic hydroxyl groups excluding tert-OH is 1. The van der Waals surface area contributed by atoms with Crippen molar-refractivity contribution in [3.05, 3.63) is 46.6 Å². The van der Waals surface area contributed by atoms with E-state index in [0.717, 1.165) is 28.1 Å². The van der Waals surface area contributed by atoms with Gasteiger partial charge in [-0.15, -0.1) is 0 Å². The lowest BCUT2D eigenvalue weighted by molar-refractivity contribution is 0.108. The normalized spacial score (nSPS) is 13.1. The molecule has 0 fully saturated rings. The lowest BCUT2D eigenvalue weighted by Gasteiger charge is -2.21. The van der Waals surface area contributed by atoms with E-state index in [2.05, 4.69) is 41.0 Å². The van der Waals surface area contributed by atoms with Crippen molar-refractivity contribution in [2.45, 2.75) is 46.9 Å². The number of hydrogen-bond donors (Lipinski definition) is 1. The van der Waals surface area contributed by atoms with E-state index in [1.54, 1.807) is 6.33 Å². The van der Waals surface area contributed by atoms with Crippen LogP contribution in [0.5, 0.6) is 0 Å². The molecule has 6 nitrogen and oxygen atoms in total. The van der Waals surface area contributed by atoms with E-state index in [0.29, 0.717) is 19.6 Å². The fourth-order valence-electron chi connectivity index (χ4n) is 3.17. The van der Waals surface area contributed by atoms with Gasteiger partial charge in [0, 0.05) is 18.7 Å². The Morgan fingerprint density at radius 2 is 1.92 bits per heavy atom. The Labute approximate surface area is 148 Å². The van der Waals surface area contributed by atoms with Gasteiger partial charge in [-0.2, -0.15) is 0 Å². The highest BCUT2D eigenvalue weighted by Gasteiger charge is 2.15. The molecule has 1 atom stereocenters. The SMILES string of the molecule is Cc1cc2ncn(CC(O)CN(C)Cc3c(C)noc3C)c2cc1C. The van der Waals surface area contributed by atoms with Crippen LogP contribution in [0.25, 0.3) is 11.0 Å². The van der Waals surface area contributed by atoms with E-state index in [4.69, 9.17) is 4.52 Å². The highest BCUT2D eigenvalue weighted by atomic mass is 16.5. The number of hydrogen-bond acceptors (Lipinski definition) is 5. The highest BCUT2D eigenvalue weighted by Crippen LogP contribution is 2.19. The van der Waals surface area contributed by atoms with E-state index in [-0.39, 0.29) is 0 Å². The quantitative estimate of drug-likeness (QED) is 0.746. The molecule has 0 saturated carbocycles. The second-order valence-corrected chi connectivity index (χ2v) is 6.98. The molecule has 0 spiro atoms. The standard InChI is InChI=1S/C19H26N4O2/c1-12-6-18-19(7-13(12)2)23(11-20-18)9-16(24)8-22(5)10-17-14(3)21-25-15(17)4/h6-7,11,16,24H,8-10H2,1-5H3. The van der Waals surface area contributed by atoms with Gasteiger partial charge in [0.1, 0.15) is 5.76 Å². The summed E-state index contributed by atoms with van der Waals surface area (Å²) < 4.78 is 7.23. The lowest BCUT2D eigenvalue weighted by atomic mass is 10.1. The van der Waals surface area contributed by atoms with Crippen LogP contribution in [0.4, 0.5) is 0 Å². The van der Waals surface area contributed by atoms with Crippen LogP contribution in [-0.2, 0) is 13.1 Å². The van der Waals surface area contributed by atoms with Crippen molar-refractivity contribution in [2.75, 3.05) is 13.6 Å². The number of fused-ring (bicyclic) bond motifs is 1. The van der Waals surface area contributed by atoms with Crippen molar-refractivity contribution in [3.8, 4) is 0 Å². The zero-order chi connectivity index (χ0) is 18.1. The third kappa shape index (κ3) is 3.75. The van der Waals surface area contributed by atoms with Gasteiger partial charge >= 0.3 is 0 Å². The molecule has 1 aromatic carbocycles. The number of likely N-dealkylation sites (N-methyl/N-ethyl adjacent to an activating group) is 1. The number of nitrogens with zero attached hydrogens (tertiary/aromatic N) is 4. The van der Waals surface area contributed by atoms with Crippen LogP contribution < -0.4 is 0 Å². The van der Waals surface area contributed by atoms with Gasteiger partial charge in [-0.25, -0.2) is 4.98 Å². The van der Waals surface area contributed by atoms with E-state index < -0.39 is 6.10 Å². The molecule has 0 amide bonds. The van der Waals surface area contributed by atoms with Crippen molar-refractivity contribution in [2.24, 2.45) is 0 Å². The molecule has 1 N–H and O–H groups in total. The van der Waals surface area contributed by atoms with E-state index in [9.17, 15) is 5.11 Å². The largest absolute Gasteiger partial charge is 0.390 e. The van der Waals surface area contributed by atoms with Crippen LogP contribution in [0.2, 0.25) is 0 Å². The summed E-state index contributed by atoms with van der Waals surface area (Å²) >= 11 is 0. The maximum atomic E-state index is 10.5. The average Bonchev–Trinajstić information content (AvgIpc) is 3.06. The molecule has 0 bridgehead atoms. The Balaban J connectivity index is 1.66. The molecule has 3 aromatic rings. The highest BCUT2D eigenvalue weighted by molar-refractivity contribution is 5.77. The van der Waals surface area contributed by atoms with Crippen molar-refractivity contribution >= 4 is 11.0 Å². The summed E-state index contributed by atoms with van der Waals surface area (Å²) in [5, 5.41) is 14.5. The first kappa shape index (κ1) is 17.6. The van der Waals surface area contributed by atoms with Crippen LogP contribution in [0.3, 0.4) is 0 Å². The Kier molecular flexibility index (Phi) is 4.92. The van der Waals surface area contributed by atoms with Crippen molar-refractivity contribution in [1.29, 1.82) is 0 Å². The van der Waals surface area contributed by atoms with E-state index in [1.807, 2.05) is 25.5 Å². The van der Waals surface area contributed by atoms with Crippen LogP contribution in [-0.4, -0.2) is 44.4 Å². The first-order valence-electron chi connectivity index (χ1n) is 8.55. The fraction of sp³-hybridized carbons (Fsp3) is 0.474. The monoisotopic (exact) mass is 342 g/mol. The molecule has 0 aliphatic carbocycles. The van der Waals surface area contributed by atoms with Gasteiger partial charge in [-0.3, -0.25) is 4.90 Å². The van der Waals surface area contributed by atoms with Gasteiger partial charge in [-0.05, 0) is 58.0 Å². The van der Waals surface area contributed by atoms with E-state index >= 15 is 0 Å². The minimum Gasteiger partial charge on any atom is -0.390 e. The molecule has 1 unspecified atom stereocenters. The number of aliphatic hydroxyl groups is 1. The maximum absolute atomic E-state index is 10.5. The third-order valence-corrected chi connectivity index (χ3v) is 4.78. The van der Waals surface area contributed by atoms with Crippen molar-refractivity contribution in [3.63, 3.8) is 0 Å². The summed E-state index contributed by atoms with van der Waals surface area (Å²) in [6.45, 7) is 9.84. The molecule has 2 aromatic heterocycles. The molecule has 2 heterocycles. The van der Waals surface area contributed by atoms with Crippen molar-refractivity contribution in [1.82, 2.24) is 19.6 Å². The van der Waals surface area contributed by atoms with Gasteiger partial charge in [0.25, 0.3) is 0 Å². The topological polar surface area (TPSA) is 67.3 Å². The summed E-state index contributed by atoms with van der Waals surface area (Å²) in [7, 11) is 1.99. The van der Waals surface area contributed by atoms with Crippen LogP contribution in [0, 0.1) is 27.7 Å². The predicted octanol–water partition coefficient (Wildman–Crippen LogP) is 2.75. The first-order valence-corrected chi connectivity index (χ1v) is 8.55. The predicted molar refractivity (Wildman–Crippen MR) is 97.5 cm³/mol. The molecule has 0 aliphatic heterocycles. The molecule has 6 heteroatoms. The second kappa shape index (κ2) is 6.98. The van der Waals surface area contributed by atoms with Crippen LogP contribution >= 0.6 is 0 Å². The van der Waals surface area contributed by atoms with Gasteiger partial charge in [0.15, 0.2) is 0 Å². The summed E-state index contributed by atoms with van der Waals surface area (Å²) in [4.78, 5) is 6.54. The zero-order valence-corrected chi connectivity index (χ0v) is 15.6. The molecule has 134 valence electrons. The fourth-order valence-corrected chi connectivity index (χ4v) is 3.17. The summed E-state index contributed by atoms with van der Waals surface area (Å²) in [5.74, 6) is 0.838. The number of imidazole rings is 1. The minimum absolute atomic E-state index is 0.482. The number of rotatable bonds is 6. The van der Waals surface area contributed by atoms with Crippen LogP contribution in [0.1, 0.15) is 28.1 Å². The van der Waals surface area contributed by atoms with Crippen LogP contribution in [0.15, 0.2) is 23.0 Å². The first-order chi connectivity index (χ1) is 11.8. The van der Waals surface area contributed by atoms with Crippen molar-refractivity contribution < 1.29 is 9.63 Å². The van der Waals surface area contributed by atoms with Gasteiger partial charge < -0.3 is 14.2 Å². The summed E-state index contributed by atoms with van der Waals surface area (Å²) in [6, 6.07) is 4.23. The number of aromatic nitrogens is 3. The molecule has 0 radical (unpaired) electrons. The second-order valence-electron chi connectivity index (χ2n) is 6.98. The van der Waals surface area contributed by atoms with Gasteiger partial charge in [-0.1, -0.05) is 5.16 Å². The average molecular weight is 342 g/mol. The summed E-state index contributed by atoms with van der Waals surface area (Å²) in [6.07, 6.45) is 1.32. The Bertz CT molecular complexity index is 862. The molecule has 25 heavy (non-hydrogen) atoms. The van der Waals surface area contributed by atoms with Gasteiger partial charge in [0.2, 0.25) is 0 Å². The molecule has 0 saturated heterocycles. The van der Waals surface area contributed by atoms with E-state index in [1.165, 1.54) is 11.1 Å². The Hall–Kier alpha value is -2.18. The maximum Gasteiger partial charge on any atom is 0.138 e. The molecule has 0 aliphatic rings. The number of benzene rings is 1. The molecular formula is C19H26N4O2. The lowest BCUT2D eigenvalue weighted by Crippen LogP contribution is -2.31. The third-order valence-electron chi connectivity index (χ3n) is 4.78. The minimum atomic E-state index is -0.482. The Morgan fingerprint density at radius 1 is 1.20 bits per heavy atom. The molecule has 3 rings (SSSR count).